The summed E-state index contributed by atoms with van der Waals surface area (Å²) in [6.07, 6.45) is 0. The van der Waals surface area contributed by atoms with E-state index >= 15 is 0 Å². The molecule has 0 bridgehead atoms. The summed E-state index contributed by atoms with van der Waals surface area (Å²) in [5.41, 5.74) is 0. The zero-order valence-electron chi connectivity index (χ0n) is 8.14. The fourth-order valence-corrected chi connectivity index (χ4v) is 2.34. The Morgan fingerprint density at radius 2 is 2.07 bits per heavy atom. The standard InChI is InChI=1S/C9H12FNO3S/c1-7(6-12)11-15(13,14)9-5-3-2-4-8(9)10/h2-5,7,11-12H,6H2,1H3/t7-/m0/s1. The van der Waals surface area contributed by atoms with E-state index in [1.165, 1.54) is 25.1 Å². The third-order valence-electron chi connectivity index (χ3n) is 1.76. The third kappa shape index (κ3) is 2.98. The lowest BCUT2D eigenvalue weighted by molar-refractivity contribution is 0.265. The molecule has 0 aromatic heterocycles. The van der Waals surface area contributed by atoms with Gasteiger partial charge in [0.1, 0.15) is 10.7 Å². The van der Waals surface area contributed by atoms with Crippen molar-refractivity contribution in [2.75, 3.05) is 6.61 Å². The van der Waals surface area contributed by atoms with Crippen molar-refractivity contribution in [3.05, 3.63) is 30.1 Å². The molecule has 1 atom stereocenters. The predicted octanol–water partition coefficient (Wildman–Crippen LogP) is 0.485. The van der Waals surface area contributed by atoms with Gasteiger partial charge in [-0.2, -0.15) is 0 Å². The van der Waals surface area contributed by atoms with Crippen LogP contribution in [0.1, 0.15) is 6.92 Å². The maximum absolute atomic E-state index is 13.2. The molecular formula is C9H12FNO3S. The Morgan fingerprint density at radius 3 is 2.60 bits per heavy atom. The first kappa shape index (κ1) is 12.1. The fourth-order valence-electron chi connectivity index (χ4n) is 1.03. The van der Waals surface area contributed by atoms with E-state index in [9.17, 15) is 12.8 Å². The molecule has 2 N–H and O–H groups in total. The Labute approximate surface area is 87.8 Å². The van der Waals surface area contributed by atoms with Crippen LogP contribution in [0.4, 0.5) is 4.39 Å². The van der Waals surface area contributed by atoms with E-state index in [0.717, 1.165) is 6.07 Å². The SMILES string of the molecule is C[C@@H](CO)NS(=O)(=O)c1ccccc1F. The molecule has 0 aliphatic carbocycles. The van der Waals surface area contributed by atoms with Crippen molar-refractivity contribution in [3.63, 3.8) is 0 Å². The molecule has 0 unspecified atom stereocenters. The molecular weight excluding hydrogens is 221 g/mol. The predicted molar refractivity (Wildman–Crippen MR) is 53.3 cm³/mol. The molecule has 0 amide bonds. The minimum atomic E-state index is -3.89. The van der Waals surface area contributed by atoms with Crippen molar-refractivity contribution in [3.8, 4) is 0 Å². The second-order valence-electron chi connectivity index (χ2n) is 3.14. The third-order valence-corrected chi connectivity index (χ3v) is 3.38. The maximum Gasteiger partial charge on any atom is 0.243 e. The minimum absolute atomic E-state index is 0.340. The Hall–Kier alpha value is -0.980. The number of aliphatic hydroxyl groups excluding tert-OH is 1. The fraction of sp³-hybridized carbons (Fsp3) is 0.333. The highest BCUT2D eigenvalue weighted by Crippen LogP contribution is 2.13. The average Bonchev–Trinajstić information content (AvgIpc) is 2.17. The van der Waals surface area contributed by atoms with Gasteiger partial charge in [0.15, 0.2) is 0 Å². The summed E-state index contributed by atoms with van der Waals surface area (Å²) < 4.78 is 38.4. The summed E-state index contributed by atoms with van der Waals surface area (Å²) in [5.74, 6) is -0.810. The van der Waals surface area contributed by atoms with Gasteiger partial charge >= 0.3 is 0 Å². The molecule has 0 radical (unpaired) electrons. The monoisotopic (exact) mass is 233 g/mol. The van der Waals surface area contributed by atoms with Gasteiger partial charge in [0.05, 0.1) is 6.61 Å². The summed E-state index contributed by atoms with van der Waals surface area (Å²) in [6, 6.07) is 4.43. The number of halogens is 1. The number of benzene rings is 1. The van der Waals surface area contributed by atoms with Crippen LogP contribution < -0.4 is 4.72 Å². The first-order valence-corrected chi connectivity index (χ1v) is 5.83. The highest BCUT2D eigenvalue weighted by Gasteiger charge is 2.20. The van der Waals surface area contributed by atoms with Gasteiger partial charge in [-0.15, -0.1) is 0 Å². The molecule has 0 spiro atoms. The van der Waals surface area contributed by atoms with E-state index in [2.05, 4.69) is 4.72 Å². The summed E-state index contributed by atoms with van der Waals surface area (Å²) >= 11 is 0. The van der Waals surface area contributed by atoms with Gasteiger partial charge in [-0.05, 0) is 19.1 Å². The van der Waals surface area contributed by atoms with E-state index in [0.29, 0.717) is 0 Å². The van der Waals surface area contributed by atoms with Crippen LogP contribution in [0.5, 0.6) is 0 Å². The van der Waals surface area contributed by atoms with Gasteiger partial charge in [0.25, 0.3) is 0 Å². The van der Waals surface area contributed by atoms with Gasteiger partial charge in [-0.25, -0.2) is 17.5 Å². The van der Waals surface area contributed by atoms with Crippen molar-refractivity contribution in [2.24, 2.45) is 0 Å². The van der Waals surface area contributed by atoms with Gasteiger partial charge in [-0.1, -0.05) is 12.1 Å². The van der Waals surface area contributed by atoms with Crippen molar-refractivity contribution in [2.45, 2.75) is 17.9 Å². The normalized spacial score (nSPS) is 13.8. The first-order chi connectivity index (χ1) is 6.97. The van der Waals surface area contributed by atoms with Crippen molar-refractivity contribution < 1.29 is 17.9 Å². The Bertz CT molecular complexity index is 433. The average molecular weight is 233 g/mol. The number of hydrogen-bond donors (Lipinski definition) is 2. The number of sulfonamides is 1. The highest BCUT2D eigenvalue weighted by molar-refractivity contribution is 7.89. The molecule has 0 heterocycles. The van der Waals surface area contributed by atoms with Gasteiger partial charge in [0.2, 0.25) is 10.0 Å². The molecule has 0 aliphatic rings. The number of hydrogen-bond acceptors (Lipinski definition) is 3. The Balaban J connectivity index is 3.02. The Kier molecular flexibility index (Phi) is 3.78. The van der Waals surface area contributed by atoms with Crippen molar-refractivity contribution in [1.29, 1.82) is 0 Å². The van der Waals surface area contributed by atoms with E-state index in [-0.39, 0.29) is 6.61 Å². The van der Waals surface area contributed by atoms with Crippen LogP contribution in [0.3, 0.4) is 0 Å². The van der Waals surface area contributed by atoms with Crippen LogP contribution in [0, 0.1) is 5.82 Å². The molecule has 0 fully saturated rings. The van der Waals surface area contributed by atoms with Crippen LogP contribution >= 0.6 is 0 Å². The molecule has 6 heteroatoms. The maximum atomic E-state index is 13.2. The van der Waals surface area contributed by atoms with Gasteiger partial charge < -0.3 is 5.11 Å². The van der Waals surface area contributed by atoms with Crippen molar-refractivity contribution >= 4 is 10.0 Å². The molecule has 1 rings (SSSR count). The van der Waals surface area contributed by atoms with Crippen LogP contribution in [-0.4, -0.2) is 26.2 Å². The second-order valence-corrected chi connectivity index (χ2v) is 4.82. The summed E-state index contributed by atoms with van der Waals surface area (Å²) in [4.78, 5) is -0.412. The zero-order valence-corrected chi connectivity index (χ0v) is 8.96. The van der Waals surface area contributed by atoms with Gasteiger partial charge in [-0.3, -0.25) is 0 Å². The molecule has 4 nitrogen and oxygen atoms in total. The van der Waals surface area contributed by atoms with E-state index in [1.54, 1.807) is 0 Å². The molecule has 0 saturated heterocycles. The molecule has 1 aromatic carbocycles. The van der Waals surface area contributed by atoms with Crippen LogP contribution in [0.15, 0.2) is 29.2 Å². The van der Waals surface area contributed by atoms with Crippen molar-refractivity contribution in [1.82, 2.24) is 4.72 Å². The number of rotatable bonds is 4. The lowest BCUT2D eigenvalue weighted by Crippen LogP contribution is -2.35. The van der Waals surface area contributed by atoms with Crippen LogP contribution in [-0.2, 0) is 10.0 Å². The largest absolute Gasteiger partial charge is 0.395 e. The molecule has 15 heavy (non-hydrogen) atoms. The van der Waals surface area contributed by atoms with E-state index in [1.807, 2.05) is 0 Å². The minimum Gasteiger partial charge on any atom is -0.395 e. The molecule has 0 saturated carbocycles. The van der Waals surface area contributed by atoms with Crippen LogP contribution in [0.25, 0.3) is 0 Å². The smallest absolute Gasteiger partial charge is 0.243 e. The number of nitrogens with one attached hydrogen (secondary N) is 1. The summed E-state index contributed by atoms with van der Waals surface area (Å²) in [5, 5.41) is 8.69. The molecule has 0 aliphatic heterocycles. The lowest BCUT2D eigenvalue weighted by atomic mass is 10.3. The van der Waals surface area contributed by atoms with Gasteiger partial charge in [0, 0.05) is 6.04 Å². The zero-order chi connectivity index (χ0) is 11.5. The Morgan fingerprint density at radius 1 is 1.47 bits per heavy atom. The highest BCUT2D eigenvalue weighted by atomic mass is 32.2. The molecule has 84 valence electrons. The van der Waals surface area contributed by atoms with E-state index < -0.39 is 26.8 Å². The topological polar surface area (TPSA) is 66.4 Å². The lowest BCUT2D eigenvalue weighted by Gasteiger charge is -2.11. The summed E-state index contributed by atoms with van der Waals surface area (Å²) in [6.45, 7) is 1.14. The summed E-state index contributed by atoms with van der Waals surface area (Å²) in [7, 11) is -3.89. The molecule has 1 aromatic rings. The quantitative estimate of drug-likeness (QED) is 0.795. The number of aliphatic hydroxyl groups is 1. The first-order valence-electron chi connectivity index (χ1n) is 4.35. The van der Waals surface area contributed by atoms with E-state index in [4.69, 9.17) is 5.11 Å². The van der Waals surface area contributed by atoms with Crippen LogP contribution in [0.2, 0.25) is 0 Å². The second kappa shape index (κ2) is 4.69.